The number of hydrogen-bond acceptors (Lipinski definition) is 3. The van der Waals surface area contributed by atoms with Crippen molar-refractivity contribution < 1.29 is 23.6 Å². The molecule has 0 saturated carbocycles. The molecule has 0 rings (SSSR count). The molecule has 0 aromatic rings. The fourth-order valence-corrected chi connectivity index (χ4v) is 3.05. The maximum absolute atomic E-state index is 10.4. The summed E-state index contributed by atoms with van der Waals surface area (Å²) in [4.78, 5) is 17.0. The molecule has 0 atom stereocenters. The molecule has 5 nitrogen and oxygen atoms in total. The quantitative estimate of drug-likeness (QED) is 0.162. The van der Waals surface area contributed by atoms with Crippen LogP contribution in [0.3, 0.4) is 0 Å². The van der Waals surface area contributed by atoms with E-state index in [0.29, 0.717) is 0 Å². The van der Waals surface area contributed by atoms with Crippen LogP contribution in [0.15, 0.2) is 0 Å². The molecule has 0 saturated heterocycles. The third-order valence-corrected chi connectivity index (χ3v) is 4.68. The van der Waals surface area contributed by atoms with Gasteiger partial charge in [-0.15, -0.1) is 0 Å². The molecule has 7 heteroatoms. The summed E-state index contributed by atoms with van der Waals surface area (Å²) >= 11 is 0. The van der Waals surface area contributed by atoms with E-state index in [1.807, 2.05) is 13.8 Å². The van der Waals surface area contributed by atoms with Gasteiger partial charge in [0.25, 0.3) is 0 Å². The summed E-state index contributed by atoms with van der Waals surface area (Å²) in [5.74, 6) is 0. The number of unbranched alkanes of at least 4 members (excludes halogenated alkanes) is 13. The van der Waals surface area contributed by atoms with Gasteiger partial charge >= 0.3 is 37.4 Å². The van der Waals surface area contributed by atoms with Gasteiger partial charge in [-0.1, -0.05) is 90.4 Å². The van der Waals surface area contributed by atoms with Gasteiger partial charge in [0, 0.05) is 13.2 Å². The predicted molar refractivity (Wildman–Crippen MR) is 118 cm³/mol. The van der Waals surface area contributed by atoms with Crippen molar-refractivity contribution in [2.75, 3.05) is 19.8 Å². The summed E-state index contributed by atoms with van der Waals surface area (Å²) in [6.07, 6.45) is 17.8. The molecular weight excluding hydrogens is 374 g/mol. The summed E-state index contributed by atoms with van der Waals surface area (Å²) in [5, 5.41) is 0. The fourth-order valence-electron chi connectivity index (χ4n) is 2.68. The van der Waals surface area contributed by atoms with Gasteiger partial charge in [-0.25, -0.2) is 4.57 Å². The number of phosphoric ester groups is 1. The van der Waals surface area contributed by atoms with Crippen molar-refractivity contribution in [1.82, 2.24) is 0 Å². The van der Waals surface area contributed by atoms with E-state index in [2.05, 4.69) is 11.4 Å². The number of rotatable bonds is 18. The summed E-state index contributed by atoms with van der Waals surface area (Å²) in [6.45, 7) is 8.09. The second-order valence-electron chi connectivity index (χ2n) is 6.70. The Morgan fingerprint density at radius 2 is 0.963 bits per heavy atom. The van der Waals surface area contributed by atoms with Crippen molar-refractivity contribution >= 4 is 37.4 Å². The van der Waals surface area contributed by atoms with Crippen molar-refractivity contribution in [3.8, 4) is 0 Å². The average Bonchev–Trinajstić information content (AvgIpc) is 2.58. The molecule has 0 aromatic carbocycles. The van der Waals surface area contributed by atoms with E-state index >= 15 is 0 Å². The van der Waals surface area contributed by atoms with E-state index in [1.165, 1.54) is 70.6 Å². The van der Waals surface area contributed by atoms with Gasteiger partial charge in [-0.05, 0) is 20.3 Å². The van der Waals surface area contributed by atoms with Gasteiger partial charge in [-0.2, -0.15) is 0 Å². The van der Waals surface area contributed by atoms with Gasteiger partial charge in [-0.3, -0.25) is 4.52 Å². The van der Waals surface area contributed by atoms with Crippen molar-refractivity contribution in [2.24, 2.45) is 0 Å². The maximum atomic E-state index is 10.4. The first-order valence-electron chi connectivity index (χ1n) is 10.8. The van der Waals surface area contributed by atoms with E-state index in [0.717, 1.165) is 32.5 Å². The van der Waals surface area contributed by atoms with Crippen LogP contribution in [0, 0.1) is 0 Å². The number of ether oxygens (including phenoxy) is 1. The van der Waals surface area contributed by atoms with Gasteiger partial charge < -0.3 is 14.5 Å². The summed E-state index contributed by atoms with van der Waals surface area (Å²) in [7, 11) is -4.25. The zero-order valence-electron chi connectivity index (χ0n) is 17.6. The molecule has 0 aromatic heterocycles. The van der Waals surface area contributed by atoms with Crippen molar-refractivity contribution in [2.45, 2.75) is 111 Å². The third-order valence-electron chi connectivity index (χ3n) is 4.17. The molecule has 0 aliphatic rings. The Kier molecular flexibility index (Phi) is 32.8. The van der Waals surface area contributed by atoms with E-state index in [4.69, 9.17) is 14.5 Å². The topological polar surface area (TPSA) is 76.0 Å². The van der Waals surface area contributed by atoms with Crippen LogP contribution in [0.1, 0.15) is 111 Å². The van der Waals surface area contributed by atoms with E-state index in [1.54, 1.807) is 0 Å². The van der Waals surface area contributed by atoms with Crippen LogP contribution in [0.5, 0.6) is 0 Å². The third kappa shape index (κ3) is 38.3. The summed E-state index contributed by atoms with van der Waals surface area (Å²) in [5.41, 5.74) is 0. The van der Waals surface area contributed by atoms with Crippen molar-refractivity contribution in [3.63, 3.8) is 0 Å². The SMILES string of the molecule is CCCCCCCCCCCCCCCCOP(=O)(O)O.CCOCC.[NaH]. The van der Waals surface area contributed by atoms with Crippen LogP contribution in [0.2, 0.25) is 0 Å². The number of hydrogen-bond donors (Lipinski definition) is 2. The van der Waals surface area contributed by atoms with Crippen LogP contribution < -0.4 is 0 Å². The molecule has 0 bridgehead atoms. The Morgan fingerprint density at radius 1 is 0.630 bits per heavy atom. The zero-order chi connectivity index (χ0) is 19.9. The van der Waals surface area contributed by atoms with Gasteiger partial charge in [0.2, 0.25) is 0 Å². The first-order valence-corrected chi connectivity index (χ1v) is 12.3. The van der Waals surface area contributed by atoms with Crippen LogP contribution >= 0.6 is 7.82 Å². The standard InChI is InChI=1S/C16H35O4P.C4H10O.Na.H/c1-2-3-4-5-6-7-8-9-10-11-12-13-14-15-16-20-21(17,18)19;1-3-5-4-2;;/h2-16H2,1H3,(H2,17,18,19);3-4H2,1-2H3;;. The molecule has 0 heterocycles. The summed E-state index contributed by atoms with van der Waals surface area (Å²) < 4.78 is 19.7. The first kappa shape index (κ1) is 32.7. The van der Waals surface area contributed by atoms with Crippen LogP contribution in [0.4, 0.5) is 0 Å². The minimum absolute atomic E-state index is 0. The molecule has 0 spiro atoms. The molecular formula is C20H46NaO5P. The molecule has 0 radical (unpaired) electrons. The van der Waals surface area contributed by atoms with Crippen LogP contribution in [-0.2, 0) is 13.8 Å². The molecule has 0 amide bonds. The van der Waals surface area contributed by atoms with E-state index < -0.39 is 7.82 Å². The van der Waals surface area contributed by atoms with Gasteiger partial charge in [0.1, 0.15) is 0 Å². The molecule has 0 aliphatic carbocycles. The van der Waals surface area contributed by atoms with Crippen molar-refractivity contribution in [1.29, 1.82) is 0 Å². The Morgan fingerprint density at radius 3 is 1.22 bits per heavy atom. The second-order valence-corrected chi connectivity index (χ2v) is 7.94. The minimum atomic E-state index is -4.25. The Balaban J connectivity index is -0.000000844. The monoisotopic (exact) mass is 420 g/mol. The summed E-state index contributed by atoms with van der Waals surface area (Å²) in [6, 6.07) is 0. The zero-order valence-corrected chi connectivity index (χ0v) is 18.5. The first-order chi connectivity index (χ1) is 12.5. The molecule has 162 valence electrons. The molecule has 2 N–H and O–H groups in total. The number of phosphoric acid groups is 1. The second kappa shape index (κ2) is 27.1. The Hall–Kier alpha value is 1.07. The predicted octanol–water partition coefficient (Wildman–Crippen LogP) is 5.97. The molecule has 27 heavy (non-hydrogen) atoms. The van der Waals surface area contributed by atoms with E-state index in [9.17, 15) is 4.57 Å². The average molecular weight is 421 g/mol. The molecule has 0 aliphatic heterocycles. The van der Waals surface area contributed by atoms with E-state index in [-0.39, 0.29) is 36.2 Å². The van der Waals surface area contributed by atoms with Crippen LogP contribution in [0.25, 0.3) is 0 Å². The van der Waals surface area contributed by atoms with Crippen LogP contribution in [-0.4, -0.2) is 59.2 Å². The van der Waals surface area contributed by atoms with Gasteiger partial charge in [0.05, 0.1) is 6.61 Å². The normalized spacial score (nSPS) is 10.9. The molecule has 0 unspecified atom stereocenters. The van der Waals surface area contributed by atoms with Crippen molar-refractivity contribution in [3.05, 3.63) is 0 Å². The Labute approximate surface area is 190 Å². The molecule has 0 fully saturated rings. The van der Waals surface area contributed by atoms with Gasteiger partial charge in [0.15, 0.2) is 0 Å². The Bertz CT molecular complexity index is 298. The fraction of sp³-hybridized carbons (Fsp3) is 1.00.